The van der Waals surface area contributed by atoms with Crippen LogP contribution >= 0.6 is 23.2 Å². The Kier molecular flexibility index (Phi) is 4.99. The van der Waals surface area contributed by atoms with Crippen molar-refractivity contribution in [2.75, 3.05) is 6.61 Å². The molecule has 0 spiro atoms. The smallest absolute Gasteiger partial charge is 0.338 e. The van der Waals surface area contributed by atoms with E-state index in [0.29, 0.717) is 21.2 Å². The van der Waals surface area contributed by atoms with Crippen LogP contribution in [0.4, 0.5) is 0 Å². The lowest BCUT2D eigenvalue weighted by atomic mass is 10.1. The highest BCUT2D eigenvalue weighted by Gasteiger charge is 2.12. The van der Waals surface area contributed by atoms with Crippen LogP contribution in [0.1, 0.15) is 26.3 Å². The molecular weight excluding hydrogens is 311 g/mol. The van der Waals surface area contributed by atoms with E-state index in [2.05, 4.69) is 0 Å². The monoisotopic (exact) mass is 322 g/mol. The van der Waals surface area contributed by atoms with Gasteiger partial charge in [0.05, 0.1) is 5.56 Å². The van der Waals surface area contributed by atoms with Crippen LogP contribution in [0.15, 0.2) is 42.5 Å². The Balaban J connectivity index is 1.98. The zero-order valence-electron chi connectivity index (χ0n) is 11.2. The molecule has 0 heterocycles. The maximum absolute atomic E-state index is 11.9. The Morgan fingerprint density at radius 3 is 2.24 bits per heavy atom. The van der Waals surface area contributed by atoms with E-state index < -0.39 is 5.97 Å². The van der Waals surface area contributed by atoms with Gasteiger partial charge in [0.15, 0.2) is 12.4 Å². The number of rotatable bonds is 4. The predicted molar refractivity (Wildman–Crippen MR) is 82.3 cm³/mol. The zero-order valence-corrected chi connectivity index (χ0v) is 12.7. The molecule has 0 fully saturated rings. The lowest BCUT2D eigenvalue weighted by Gasteiger charge is -2.06. The van der Waals surface area contributed by atoms with Gasteiger partial charge in [0.1, 0.15) is 0 Å². The first-order valence-electron chi connectivity index (χ1n) is 6.19. The number of halogens is 2. The van der Waals surface area contributed by atoms with Gasteiger partial charge in [-0.05, 0) is 55.0 Å². The van der Waals surface area contributed by atoms with Crippen molar-refractivity contribution in [2.45, 2.75) is 6.92 Å². The summed E-state index contributed by atoms with van der Waals surface area (Å²) in [4.78, 5) is 23.7. The topological polar surface area (TPSA) is 43.4 Å². The van der Waals surface area contributed by atoms with Gasteiger partial charge in [0.25, 0.3) is 0 Å². The highest BCUT2D eigenvalue weighted by Crippen LogP contribution is 2.17. The molecule has 0 radical (unpaired) electrons. The van der Waals surface area contributed by atoms with Crippen molar-refractivity contribution in [3.63, 3.8) is 0 Å². The van der Waals surface area contributed by atoms with Crippen LogP contribution in [0.5, 0.6) is 0 Å². The second kappa shape index (κ2) is 6.74. The molecule has 0 atom stereocenters. The first kappa shape index (κ1) is 15.5. The van der Waals surface area contributed by atoms with Crippen LogP contribution in [-0.4, -0.2) is 18.4 Å². The van der Waals surface area contributed by atoms with Crippen LogP contribution in [0.2, 0.25) is 10.0 Å². The van der Waals surface area contributed by atoms with E-state index >= 15 is 0 Å². The van der Waals surface area contributed by atoms with Crippen LogP contribution in [0.25, 0.3) is 0 Å². The third-order valence-corrected chi connectivity index (χ3v) is 3.57. The molecule has 0 bridgehead atoms. The van der Waals surface area contributed by atoms with Crippen molar-refractivity contribution in [2.24, 2.45) is 0 Å². The fourth-order valence-corrected chi connectivity index (χ4v) is 1.95. The number of hydrogen-bond donors (Lipinski definition) is 0. The van der Waals surface area contributed by atoms with Gasteiger partial charge >= 0.3 is 5.97 Å². The van der Waals surface area contributed by atoms with Gasteiger partial charge in [0, 0.05) is 15.6 Å². The summed E-state index contributed by atoms with van der Waals surface area (Å²) >= 11 is 11.6. The minimum absolute atomic E-state index is 0.286. The molecule has 0 amide bonds. The molecule has 3 nitrogen and oxygen atoms in total. The molecule has 108 valence electrons. The van der Waals surface area contributed by atoms with Gasteiger partial charge in [-0.3, -0.25) is 4.79 Å². The molecule has 0 saturated heterocycles. The number of ether oxygens (including phenoxy) is 1. The van der Waals surface area contributed by atoms with Crippen LogP contribution < -0.4 is 0 Å². The van der Waals surface area contributed by atoms with E-state index in [-0.39, 0.29) is 12.4 Å². The lowest BCUT2D eigenvalue weighted by molar-refractivity contribution is 0.0474. The van der Waals surface area contributed by atoms with E-state index in [1.54, 1.807) is 49.4 Å². The zero-order chi connectivity index (χ0) is 15.4. The van der Waals surface area contributed by atoms with Gasteiger partial charge in [-0.25, -0.2) is 4.79 Å². The summed E-state index contributed by atoms with van der Waals surface area (Å²) in [5, 5.41) is 1.11. The number of esters is 1. The minimum Gasteiger partial charge on any atom is -0.454 e. The Morgan fingerprint density at radius 2 is 1.62 bits per heavy atom. The number of benzene rings is 2. The van der Waals surface area contributed by atoms with Gasteiger partial charge in [-0.1, -0.05) is 23.2 Å². The fourth-order valence-electron chi connectivity index (χ4n) is 1.71. The largest absolute Gasteiger partial charge is 0.454 e. The Bertz CT molecular complexity index is 678. The van der Waals surface area contributed by atoms with Crippen molar-refractivity contribution < 1.29 is 14.3 Å². The lowest BCUT2D eigenvalue weighted by Crippen LogP contribution is -2.14. The summed E-state index contributed by atoms with van der Waals surface area (Å²) in [5.41, 5.74) is 1.58. The first-order valence-corrected chi connectivity index (χ1v) is 6.95. The Morgan fingerprint density at radius 1 is 1.00 bits per heavy atom. The first-order chi connectivity index (χ1) is 9.97. The highest BCUT2D eigenvalue weighted by molar-refractivity contribution is 6.31. The summed E-state index contributed by atoms with van der Waals surface area (Å²) in [6, 6.07) is 11.2. The second-order valence-corrected chi connectivity index (χ2v) is 5.31. The number of carbonyl (C=O) groups excluding carboxylic acids is 2. The maximum atomic E-state index is 11.9. The average molecular weight is 323 g/mol. The minimum atomic E-state index is -0.558. The van der Waals surface area contributed by atoms with Crippen molar-refractivity contribution in [3.8, 4) is 0 Å². The standard InChI is InChI=1S/C16H12Cl2O3/c1-10-8-12(4-7-14(10)18)16(20)21-9-15(19)11-2-5-13(17)6-3-11/h2-8H,9H2,1H3. The normalized spacial score (nSPS) is 10.2. The van der Waals surface area contributed by atoms with E-state index in [4.69, 9.17) is 27.9 Å². The molecular formula is C16H12Cl2O3. The van der Waals surface area contributed by atoms with Gasteiger partial charge < -0.3 is 4.74 Å². The SMILES string of the molecule is Cc1cc(C(=O)OCC(=O)c2ccc(Cl)cc2)ccc1Cl. The Hall–Kier alpha value is -1.84. The summed E-state index contributed by atoms with van der Waals surface area (Å²) in [7, 11) is 0. The van der Waals surface area contributed by atoms with Crippen molar-refractivity contribution in [1.29, 1.82) is 0 Å². The quantitative estimate of drug-likeness (QED) is 0.621. The molecule has 0 aromatic heterocycles. The van der Waals surface area contributed by atoms with E-state index in [9.17, 15) is 9.59 Å². The van der Waals surface area contributed by atoms with Crippen molar-refractivity contribution >= 4 is 35.0 Å². The summed E-state index contributed by atoms with van der Waals surface area (Å²) in [6.07, 6.45) is 0. The molecule has 2 aromatic carbocycles. The average Bonchev–Trinajstić information content (AvgIpc) is 2.48. The summed E-state index contributed by atoms with van der Waals surface area (Å²) in [6.45, 7) is 1.47. The number of Topliss-reactive ketones (excluding diaryl/α,β-unsaturated/α-hetero) is 1. The molecule has 0 N–H and O–H groups in total. The molecule has 2 rings (SSSR count). The molecule has 0 unspecified atom stereocenters. The van der Waals surface area contributed by atoms with Gasteiger partial charge in [0.2, 0.25) is 0 Å². The molecule has 0 aliphatic heterocycles. The molecule has 0 aliphatic carbocycles. The van der Waals surface area contributed by atoms with Crippen LogP contribution in [0.3, 0.4) is 0 Å². The molecule has 0 aliphatic rings. The number of carbonyl (C=O) groups is 2. The molecule has 21 heavy (non-hydrogen) atoms. The van der Waals surface area contributed by atoms with Gasteiger partial charge in [-0.15, -0.1) is 0 Å². The van der Waals surface area contributed by atoms with Crippen molar-refractivity contribution in [3.05, 3.63) is 69.2 Å². The molecule has 5 heteroatoms. The van der Waals surface area contributed by atoms with E-state index in [0.717, 1.165) is 5.56 Å². The summed E-state index contributed by atoms with van der Waals surface area (Å²) in [5.74, 6) is -0.845. The summed E-state index contributed by atoms with van der Waals surface area (Å²) < 4.78 is 5.00. The van der Waals surface area contributed by atoms with E-state index in [1.807, 2.05) is 0 Å². The van der Waals surface area contributed by atoms with Crippen LogP contribution in [0, 0.1) is 6.92 Å². The van der Waals surface area contributed by atoms with Crippen molar-refractivity contribution in [1.82, 2.24) is 0 Å². The highest BCUT2D eigenvalue weighted by atomic mass is 35.5. The molecule has 0 saturated carbocycles. The predicted octanol–water partition coefficient (Wildman–Crippen LogP) is 4.34. The number of hydrogen-bond acceptors (Lipinski definition) is 3. The number of ketones is 1. The second-order valence-electron chi connectivity index (χ2n) is 4.47. The van der Waals surface area contributed by atoms with E-state index in [1.165, 1.54) is 0 Å². The maximum Gasteiger partial charge on any atom is 0.338 e. The third kappa shape index (κ3) is 4.06. The Labute approximate surface area is 132 Å². The number of aryl methyl sites for hydroxylation is 1. The fraction of sp³-hybridized carbons (Fsp3) is 0.125. The third-order valence-electron chi connectivity index (χ3n) is 2.89. The van der Waals surface area contributed by atoms with Gasteiger partial charge in [-0.2, -0.15) is 0 Å². The molecule has 2 aromatic rings. The van der Waals surface area contributed by atoms with Crippen LogP contribution in [-0.2, 0) is 4.74 Å².